The summed E-state index contributed by atoms with van der Waals surface area (Å²) in [6.07, 6.45) is 14.6. The van der Waals surface area contributed by atoms with Gasteiger partial charge >= 0.3 is 5.97 Å². The van der Waals surface area contributed by atoms with Crippen LogP contribution in [0.1, 0.15) is 119 Å². The van der Waals surface area contributed by atoms with Gasteiger partial charge in [0.1, 0.15) is 6.10 Å². The molecule has 0 radical (unpaired) electrons. The van der Waals surface area contributed by atoms with Crippen molar-refractivity contribution < 1.29 is 9.53 Å². The topological polar surface area (TPSA) is 26.3 Å². The van der Waals surface area contributed by atoms with Crippen molar-refractivity contribution in [1.82, 2.24) is 0 Å². The number of hydrogen-bond donors (Lipinski definition) is 0. The number of fused-ring (bicyclic) bond motifs is 4. The van der Waals surface area contributed by atoms with Gasteiger partial charge in [-0.25, -0.2) is 0 Å². The summed E-state index contributed by atoms with van der Waals surface area (Å²) in [4.78, 5) is 11.5. The second-order valence-corrected chi connectivity index (χ2v) is 13.2. The van der Waals surface area contributed by atoms with Gasteiger partial charge in [0.15, 0.2) is 0 Å². The lowest BCUT2D eigenvalue weighted by Gasteiger charge is -2.57. The van der Waals surface area contributed by atoms with Gasteiger partial charge in [0.25, 0.3) is 0 Å². The van der Waals surface area contributed by atoms with Crippen LogP contribution in [0.15, 0.2) is 11.1 Å². The molecule has 6 unspecified atom stereocenters. The van der Waals surface area contributed by atoms with Gasteiger partial charge in [-0.3, -0.25) is 4.79 Å². The average molecular weight is 443 g/mol. The summed E-state index contributed by atoms with van der Waals surface area (Å²) in [6.45, 7) is 16.6. The molecular formula is C30H50O2. The molecule has 182 valence electrons. The van der Waals surface area contributed by atoms with Crippen molar-refractivity contribution in [1.29, 1.82) is 0 Å². The van der Waals surface area contributed by atoms with E-state index < -0.39 is 0 Å². The highest BCUT2D eigenvalue weighted by Gasteiger charge is 2.55. The first-order valence-electron chi connectivity index (χ1n) is 14.0. The second kappa shape index (κ2) is 9.10. The van der Waals surface area contributed by atoms with Crippen LogP contribution < -0.4 is 0 Å². The van der Waals surface area contributed by atoms with E-state index in [0.29, 0.717) is 10.8 Å². The van der Waals surface area contributed by atoms with E-state index in [1.54, 1.807) is 6.92 Å². The minimum atomic E-state index is -0.0976. The Labute approximate surface area is 198 Å². The smallest absolute Gasteiger partial charge is 0.302 e. The minimum Gasteiger partial charge on any atom is -0.463 e. The molecule has 0 spiro atoms. The van der Waals surface area contributed by atoms with Crippen molar-refractivity contribution in [3.05, 3.63) is 11.1 Å². The Morgan fingerprint density at radius 3 is 2.44 bits per heavy atom. The molecule has 4 aliphatic rings. The molecule has 3 fully saturated rings. The van der Waals surface area contributed by atoms with Crippen LogP contribution in [0.4, 0.5) is 0 Å². The lowest BCUT2D eigenvalue weighted by atomic mass is 9.48. The van der Waals surface area contributed by atoms with Gasteiger partial charge in [-0.1, -0.05) is 65.5 Å². The molecule has 32 heavy (non-hydrogen) atoms. The van der Waals surface area contributed by atoms with Gasteiger partial charge in [-0.2, -0.15) is 0 Å². The fraction of sp³-hybridized carbons (Fsp3) is 0.900. The zero-order valence-electron chi connectivity index (χ0n) is 22.1. The Morgan fingerprint density at radius 1 is 1.00 bits per heavy atom. The zero-order valence-corrected chi connectivity index (χ0v) is 22.1. The fourth-order valence-electron chi connectivity index (χ4n) is 8.80. The van der Waals surface area contributed by atoms with E-state index in [4.69, 9.17) is 4.74 Å². The predicted octanol–water partition coefficient (Wildman–Crippen LogP) is 8.35. The minimum absolute atomic E-state index is 0.0976. The summed E-state index contributed by atoms with van der Waals surface area (Å²) in [5, 5.41) is 0. The van der Waals surface area contributed by atoms with Crippen molar-refractivity contribution in [2.75, 3.05) is 0 Å². The Balaban J connectivity index is 1.50. The summed E-state index contributed by atoms with van der Waals surface area (Å²) in [5.74, 6) is 4.81. The third-order valence-electron chi connectivity index (χ3n) is 11.3. The molecular weight excluding hydrogens is 392 g/mol. The molecule has 2 heteroatoms. The average Bonchev–Trinajstić information content (AvgIpc) is 3.08. The van der Waals surface area contributed by atoms with E-state index in [2.05, 4.69) is 41.5 Å². The lowest BCUT2D eigenvalue weighted by Crippen LogP contribution is -2.48. The van der Waals surface area contributed by atoms with Crippen molar-refractivity contribution >= 4 is 5.97 Å². The Hall–Kier alpha value is -0.790. The first-order chi connectivity index (χ1) is 15.1. The van der Waals surface area contributed by atoms with E-state index in [1.165, 1.54) is 57.8 Å². The first-order valence-corrected chi connectivity index (χ1v) is 14.0. The zero-order chi connectivity index (χ0) is 23.3. The van der Waals surface area contributed by atoms with Gasteiger partial charge in [-0.15, -0.1) is 0 Å². The van der Waals surface area contributed by atoms with Crippen LogP contribution in [-0.2, 0) is 9.53 Å². The normalized spacial score (nSPS) is 41.0. The molecule has 0 saturated heterocycles. The maximum absolute atomic E-state index is 11.5. The van der Waals surface area contributed by atoms with Gasteiger partial charge in [0.2, 0.25) is 0 Å². The molecule has 3 saturated carbocycles. The molecule has 4 aliphatic carbocycles. The number of esters is 1. The van der Waals surface area contributed by atoms with Gasteiger partial charge < -0.3 is 4.74 Å². The van der Waals surface area contributed by atoms with Crippen molar-refractivity contribution in [3.8, 4) is 0 Å². The lowest BCUT2D eigenvalue weighted by molar-refractivity contribution is -0.152. The van der Waals surface area contributed by atoms with Gasteiger partial charge in [-0.05, 0) is 104 Å². The Bertz CT molecular complexity index is 735. The molecule has 2 nitrogen and oxygen atoms in total. The van der Waals surface area contributed by atoms with E-state index in [1.807, 2.05) is 11.1 Å². The van der Waals surface area contributed by atoms with Crippen LogP contribution in [-0.4, -0.2) is 12.1 Å². The number of ether oxygens (including phenoxy) is 1. The van der Waals surface area contributed by atoms with Crippen molar-refractivity contribution in [2.45, 2.75) is 125 Å². The Morgan fingerprint density at radius 2 is 1.75 bits per heavy atom. The summed E-state index contributed by atoms with van der Waals surface area (Å²) in [7, 11) is 0. The molecule has 0 amide bonds. The SMILES string of the molecule is CC(=O)OC1CCC2(C)C3CCC4(C)C(=C3CC[C@H]2C1)CCC4[C@H](C)CCC(C)C(C)C. The first kappa shape index (κ1) is 24.3. The molecule has 0 bridgehead atoms. The van der Waals surface area contributed by atoms with E-state index in [-0.39, 0.29) is 12.1 Å². The molecule has 4 rings (SSSR count). The number of rotatable bonds is 6. The third-order valence-corrected chi connectivity index (χ3v) is 11.3. The molecule has 0 aromatic rings. The number of allylic oxidation sites excluding steroid dienone is 2. The quantitative estimate of drug-likeness (QED) is 0.305. The summed E-state index contributed by atoms with van der Waals surface area (Å²) < 4.78 is 5.65. The van der Waals surface area contributed by atoms with Crippen LogP contribution in [0.2, 0.25) is 0 Å². The molecule has 8 atom stereocenters. The standard InChI is InChI=1S/C30H50O2/c1-19(2)20(3)8-9-21(4)26-12-13-27-25-11-10-23-18-24(32-22(5)31)14-16-29(23,6)28(25)15-17-30(26,27)7/h19-21,23-24,26,28H,8-18H2,1-7H3/t20?,21-,23+,24?,26?,28?,29?,30?/m1/s1. The summed E-state index contributed by atoms with van der Waals surface area (Å²) >= 11 is 0. The number of hydrogen-bond acceptors (Lipinski definition) is 2. The van der Waals surface area contributed by atoms with Crippen molar-refractivity contribution in [3.63, 3.8) is 0 Å². The van der Waals surface area contributed by atoms with E-state index >= 15 is 0 Å². The number of carbonyl (C=O) groups is 1. The molecule has 0 aliphatic heterocycles. The predicted molar refractivity (Wildman–Crippen MR) is 133 cm³/mol. The monoisotopic (exact) mass is 442 g/mol. The van der Waals surface area contributed by atoms with Crippen LogP contribution in [0.5, 0.6) is 0 Å². The third kappa shape index (κ3) is 4.22. The molecule has 0 aromatic carbocycles. The maximum atomic E-state index is 11.5. The molecule has 0 heterocycles. The molecule has 0 N–H and O–H groups in total. The molecule has 0 aromatic heterocycles. The van der Waals surface area contributed by atoms with E-state index in [9.17, 15) is 4.79 Å². The van der Waals surface area contributed by atoms with Crippen LogP contribution in [0, 0.1) is 46.3 Å². The highest BCUT2D eigenvalue weighted by Crippen LogP contribution is 2.66. The number of carbonyl (C=O) groups excluding carboxylic acids is 1. The van der Waals surface area contributed by atoms with Crippen LogP contribution in [0.25, 0.3) is 0 Å². The second-order valence-electron chi connectivity index (χ2n) is 13.2. The van der Waals surface area contributed by atoms with Crippen LogP contribution >= 0.6 is 0 Å². The summed E-state index contributed by atoms with van der Waals surface area (Å²) in [6, 6.07) is 0. The maximum Gasteiger partial charge on any atom is 0.302 e. The van der Waals surface area contributed by atoms with Gasteiger partial charge in [0.05, 0.1) is 0 Å². The van der Waals surface area contributed by atoms with E-state index in [0.717, 1.165) is 48.3 Å². The fourth-order valence-corrected chi connectivity index (χ4v) is 8.80. The van der Waals surface area contributed by atoms with Crippen molar-refractivity contribution in [2.24, 2.45) is 46.3 Å². The highest BCUT2D eigenvalue weighted by atomic mass is 16.5. The highest BCUT2D eigenvalue weighted by molar-refractivity contribution is 5.66. The van der Waals surface area contributed by atoms with Gasteiger partial charge in [0, 0.05) is 6.92 Å². The van der Waals surface area contributed by atoms with Crippen LogP contribution in [0.3, 0.4) is 0 Å². The Kier molecular flexibility index (Phi) is 6.92. The summed E-state index contributed by atoms with van der Waals surface area (Å²) in [5.41, 5.74) is 4.69. The largest absolute Gasteiger partial charge is 0.463 e.